The summed E-state index contributed by atoms with van der Waals surface area (Å²) >= 11 is 0. The summed E-state index contributed by atoms with van der Waals surface area (Å²) in [7, 11) is 3.68. The molecule has 5 aromatic rings. The molecule has 3 aliphatic rings. The van der Waals surface area contributed by atoms with Gasteiger partial charge in [0.2, 0.25) is 5.91 Å². The molecule has 0 radical (unpaired) electrons. The molecule has 2 N–H and O–H groups in total. The highest BCUT2D eigenvalue weighted by molar-refractivity contribution is 5.95. The van der Waals surface area contributed by atoms with E-state index >= 15 is 0 Å². The number of rotatable bonds is 11. The fourth-order valence-corrected chi connectivity index (χ4v) is 10.6. The predicted molar refractivity (Wildman–Crippen MR) is 258 cm³/mol. The van der Waals surface area contributed by atoms with E-state index in [9.17, 15) is 14.4 Å². The molecule has 0 aliphatic carbocycles. The lowest BCUT2D eigenvalue weighted by Gasteiger charge is -2.37. The molecule has 6 bridgehead atoms. The Morgan fingerprint density at radius 1 is 1.00 bits per heavy atom. The van der Waals surface area contributed by atoms with Gasteiger partial charge in [0.15, 0.2) is 0 Å². The second-order valence-electron chi connectivity index (χ2n) is 19.7. The van der Waals surface area contributed by atoms with Crippen molar-refractivity contribution in [1.29, 1.82) is 0 Å². The summed E-state index contributed by atoms with van der Waals surface area (Å²) in [5.74, 6) is -0.744. The molecule has 350 valence electrons. The third-order valence-electron chi connectivity index (χ3n) is 13.9. The van der Waals surface area contributed by atoms with Crippen molar-refractivity contribution in [2.45, 2.75) is 116 Å². The summed E-state index contributed by atoms with van der Waals surface area (Å²) in [5.41, 5.74) is 12.2. The smallest absolute Gasteiger partial charge is 0.324 e. The number of nitrogens with zero attached hydrogens (tertiary/aromatic N) is 4. The van der Waals surface area contributed by atoms with Gasteiger partial charge in [-0.15, -0.1) is 0 Å². The van der Waals surface area contributed by atoms with E-state index in [4.69, 9.17) is 19.2 Å². The minimum atomic E-state index is -0.916. The van der Waals surface area contributed by atoms with E-state index in [0.29, 0.717) is 39.0 Å². The maximum atomic E-state index is 14.8. The van der Waals surface area contributed by atoms with Crippen molar-refractivity contribution in [2.24, 2.45) is 11.3 Å². The molecule has 0 unspecified atom stereocenters. The third kappa shape index (κ3) is 9.98. The van der Waals surface area contributed by atoms with Crippen molar-refractivity contribution in [3.05, 3.63) is 114 Å². The van der Waals surface area contributed by atoms with Crippen LogP contribution in [0.15, 0.2) is 91.1 Å². The van der Waals surface area contributed by atoms with Crippen molar-refractivity contribution in [1.82, 2.24) is 30.2 Å². The first kappa shape index (κ1) is 47.1. The molecule has 3 aromatic carbocycles. The SMILES string of the molecule is CCn1c(-c2cccnc2[C@H](C)OC)c2c3cc(ccc31)-c1cccc(c1)C[C@H](NC(=O)[C@H](C(C)C)N(C)C[C@@H]1OCC[C@@H]1c1ccccc1)C(=O)N1CCC[C@H](N1)C(=O)OCC(C)(C)C2. The Morgan fingerprint density at radius 2 is 1.79 bits per heavy atom. The van der Waals surface area contributed by atoms with Crippen LogP contribution in [0.2, 0.25) is 0 Å². The highest BCUT2D eigenvalue weighted by Crippen LogP contribution is 2.42. The van der Waals surface area contributed by atoms with Gasteiger partial charge in [-0.05, 0) is 105 Å². The zero-order chi connectivity index (χ0) is 46.7. The van der Waals surface area contributed by atoms with Gasteiger partial charge in [-0.3, -0.25) is 29.3 Å². The zero-order valence-corrected chi connectivity index (χ0v) is 40.0. The Morgan fingerprint density at radius 3 is 2.55 bits per heavy atom. The Hall–Kier alpha value is -5.40. The normalized spacial score (nSPS) is 22.3. The van der Waals surface area contributed by atoms with Gasteiger partial charge in [0.1, 0.15) is 12.1 Å². The van der Waals surface area contributed by atoms with Crippen molar-refractivity contribution in [3.8, 4) is 22.4 Å². The van der Waals surface area contributed by atoms with Crippen LogP contribution >= 0.6 is 0 Å². The number of hydrogen-bond acceptors (Lipinski definition) is 9. The van der Waals surface area contributed by atoms with Crippen LogP contribution in [0, 0.1) is 11.3 Å². The highest BCUT2D eigenvalue weighted by Gasteiger charge is 2.39. The number of aromatic nitrogens is 2. The van der Waals surface area contributed by atoms with Crippen LogP contribution in [0.25, 0.3) is 33.3 Å². The first-order chi connectivity index (χ1) is 31.8. The lowest BCUT2D eigenvalue weighted by molar-refractivity contribution is -0.155. The lowest BCUT2D eigenvalue weighted by Crippen LogP contribution is -2.62. The van der Waals surface area contributed by atoms with E-state index in [-0.39, 0.29) is 48.9 Å². The van der Waals surface area contributed by atoms with Gasteiger partial charge in [-0.25, -0.2) is 5.43 Å². The lowest BCUT2D eigenvalue weighted by atomic mass is 9.84. The number of hydrogen-bond donors (Lipinski definition) is 2. The van der Waals surface area contributed by atoms with E-state index in [1.165, 1.54) is 10.6 Å². The monoisotopic (exact) mass is 897 g/mol. The average Bonchev–Trinajstić information content (AvgIpc) is 3.91. The number of fused-ring (bicyclic) bond motifs is 6. The summed E-state index contributed by atoms with van der Waals surface area (Å²) in [6.07, 6.45) is 4.44. The molecule has 12 nitrogen and oxygen atoms in total. The number of methoxy groups -OCH3 is 1. The topological polar surface area (TPSA) is 127 Å². The van der Waals surface area contributed by atoms with E-state index in [0.717, 1.165) is 63.1 Å². The van der Waals surface area contributed by atoms with Gasteiger partial charge in [-0.1, -0.05) is 88.4 Å². The summed E-state index contributed by atoms with van der Waals surface area (Å²) in [6, 6.07) is 27.3. The summed E-state index contributed by atoms with van der Waals surface area (Å²) in [5, 5.41) is 5.87. The predicted octanol–water partition coefficient (Wildman–Crippen LogP) is 8.28. The molecule has 0 spiro atoms. The molecule has 3 aliphatic heterocycles. The molecule has 2 fully saturated rings. The number of esters is 1. The minimum Gasteiger partial charge on any atom is -0.464 e. The fourth-order valence-electron chi connectivity index (χ4n) is 10.6. The Kier molecular flexibility index (Phi) is 14.4. The first-order valence-corrected chi connectivity index (χ1v) is 23.9. The Bertz CT molecular complexity index is 2520. The summed E-state index contributed by atoms with van der Waals surface area (Å²) in [6.45, 7) is 15.1. The molecule has 5 heterocycles. The van der Waals surface area contributed by atoms with Gasteiger partial charge in [0, 0.05) is 73.8 Å². The molecule has 6 atom stereocenters. The molecular formula is C54H68N6O6. The van der Waals surface area contributed by atoms with Gasteiger partial charge in [-0.2, -0.15) is 0 Å². The number of benzene rings is 3. The average molecular weight is 897 g/mol. The van der Waals surface area contributed by atoms with Crippen LogP contribution in [-0.2, 0) is 48.0 Å². The quantitative estimate of drug-likeness (QED) is 0.126. The van der Waals surface area contributed by atoms with Crippen molar-refractivity contribution in [2.75, 3.05) is 40.5 Å². The third-order valence-corrected chi connectivity index (χ3v) is 13.9. The molecular weight excluding hydrogens is 829 g/mol. The van der Waals surface area contributed by atoms with Crippen LogP contribution < -0.4 is 10.7 Å². The summed E-state index contributed by atoms with van der Waals surface area (Å²) < 4.78 is 20.7. The van der Waals surface area contributed by atoms with E-state index in [1.807, 2.05) is 58.3 Å². The number of likely N-dealkylation sites (N-methyl/N-ethyl adjacent to an activating group) is 1. The number of amides is 2. The zero-order valence-electron chi connectivity index (χ0n) is 40.0. The number of carbonyl (C=O) groups is 3. The number of hydrazine groups is 1. The number of pyridine rings is 1. The second kappa shape index (κ2) is 20.2. The highest BCUT2D eigenvalue weighted by atomic mass is 16.5. The Labute approximate surface area is 390 Å². The van der Waals surface area contributed by atoms with E-state index in [1.54, 1.807) is 7.11 Å². The number of cyclic esters (lactones) is 1. The standard InChI is InChI=1S/C54H68N6O6/c1-9-59-46-23-22-39-30-42(46)43(50(59)41-20-14-25-55-48(41)35(4)64-8)31-54(5,6)33-66-53(63)44-21-15-26-60(57-44)52(62)45(29-36-16-13-19-38(39)28-36)56-51(61)49(34(2)3)58(7)32-47-40(24-27-65-47)37-17-11-10-12-18-37/h10-14,16-20,22-23,25,28,30,34-35,40,44-45,47,49,57H,9,15,21,24,26-27,29,31-33H2,1-8H3,(H,56,61)/t35-,40+,44-,45-,47-,49-/m0/s1. The summed E-state index contributed by atoms with van der Waals surface area (Å²) in [4.78, 5) is 50.3. The molecule has 0 saturated carbocycles. The van der Waals surface area contributed by atoms with Crippen LogP contribution in [0.5, 0.6) is 0 Å². The minimum absolute atomic E-state index is 0.0586. The van der Waals surface area contributed by atoms with Crippen molar-refractivity contribution in [3.63, 3.8) is 0 Å². The fraction of sp³-hybridized carbons (Fsp3) is 0.481. The molecule has 2 saturated heterocycles. The molecule has 8 rings (SSSR count). The number of ether oxygens (including phenoxy) is 3. The van der Waals surface area contributed by atoms with Crippen LogP contribution in [0.4, 0.5) is 0 Å². The van der Waals surface area contributed by atoms with Crippen molar-refractivity contribution < 1.29 is 28.6 Å². The van der Waals surface area contributed by atoms with Crippen LogP contribution in [0.3, 0.4) is 0 Å². The number of carbonyl (C=O) groups excluding carboxylic acids is 3. The van der Waals surface area contributed by atoms with Gasteiger partial charge >= 0.3 is 5.97 Å². The molecule has 2 aromatic heterocycles. The van der Waals surface area contributed by atoms with Gasteiger partial charge in [0.05, 0.1) is 36.2 Å². The maximum absolute atomic E-state index is 14.8. The van der Waals surface area contributed by atoms with Crippen molar-refractivity contribution >= 4 is 28.7 Å². The molecule has 12 heteroatoms. The Balaban J connectivity index is 1.17. The molecule has 66 heavy (non-hydrogen) atoms. The number of nitrogens with one attached hydrogen (secondary N) is 2. The molecule has 2 amide bonds. The second-order valence-corrected chi connectivity index (χ2v) is 19.7. The van der Waals surface area contributed by atoms with Gasteiger partial charge < -0.3 is 24.1 Å². The van der Waals surface area contributed by atoms with E-state index < -0.39 is 29.5 Å². The largest absolute Gasteiger partial charge is 0.464 e. The van der Waals surface area contributed by atoms with Crippen LogP contribution in [-0.4, -0.2) is 102 Å². The van der Waals surface area contributed by atoms with Crippen LogP contribution in [0.1, 0.15) is 95.2 Å². The number of aryl methyl sites for hydroxylation is 1. The van der Waals surface area contributed by atoms with Gasteiger partial charge in [0.25, 0.3) is 5.91 Å². The first-order valence-electron chi connectivity index (χ1n) is 23.9. The maximum Gasteiger partial charge on any atom is 0.324 e. The van der Waals surface area contributed by atoms with E-state index in [2.05, 4.69) is 102 Å².